The van der Waals surface area contributed by atoms with Gasteiger partial charge in [0.05, 0.1) is 0 Å². The van der Waals surface area contributed by atoms with Crippen molar-refractivity contribution in [2.45, 2.75) is 0 Å². The monoisotopic (exact) mass is 111 g/mol. The fraction of sp³-hybridized carbons (Fsp3) is 0. The van der Waals surface area contributed by atoms with E-state index >= 15 is 0 Å². The van der Waals surface area contributed by atoms with Crippen LogP contribution in [0.4, 0.5) is 0 Å². The van der Waals surface area contributed by atoms with Crippen LogP contribution < -0.4 is 18.9 Å². The first kappa shape index (κ1) is 7.66. The molecule has 0 bridgehead atoms. The van der Waals surface area contributed by atoms with Crippen molar-refractivity contribution in [3.05, 3.63) is 44.8 Å². The van der Waals surface area contributed by atoms with Gasteiger partial charge >= 0.3 is 18.9 Å². The summed E-state index contributed by atoms with van der Waals surface area (Å²) in [5.41, 5.74) is 0. The molecule has 2 fully saturated rings. The Morgan fingerprint density at radius 3 is 2.00 bits per heavy atom. The molecule has 0 spiro atoms. The second-order valence-electron chi connectivity index (χ2n) is 1.85. The summed E-state index contributed by atoms with van der Waals surface area (Å²) < 4.78 is 0. The van der Waals surface area contributed by atoms with Crippen LogP contribution in [0.25, 0.3) is 0 Å². The Morgan fingerprint density at radius 1 is 1.00 bits per heavy atom. The minimum Gasteiger partial charge on any atom is -0.286 e. The van der Waals surface area contributed by atoms with E-state index in [-0.39, 0.29) is 18.9 Å². The largest absolute Gasteiger partial charge is 1.00 e. The maximum Gasteiger partial charge on any atom is 1.00 e. The third-order valence-electron chi connectivity index (χ3n) is 1.33. The summed E-state index contributed by atoms with van der Waals surface area (Å²) in [5, 5.41) is 0. The predicted octanol–water partition coefficient (Wildman–Crippen LogP) is -2.01. The summed E-state index contributed by atoms with van der Waals surface area (Å²) in [5.74, 6) is 0. The van der Waals surface area contributed by atoms with Crippen LogP contribution in [0, 0.1) is 44.8 Å². The molecule has 7 radical (unpaired) electrons. The van der Waals surface area contributed by atoms with Crippen molar-refractivity contribution in [1.82, 2.24) is 4.90 Å². The molecule has 9 heavy (non-hydrogen) atoms. The van der Waals surface area contributed by atoms with Crippen LogP contribution >= 0.6 is 0 Å². The van der Waals surface area contributed by atoms with E-state index in [4.69, 9.17) is 0 Å². The van der Waals surface area contributed by atoms with Gasteiger partial charge in [0.15, 0.2) is 0 Å². The van der Waals surface area contributed by atoms with Crippen molar-refractivity contribution < 1.29 is 18.9 Å². The van der Waals surface area contributed by atoms with Crippen LogP contribution in [0.5, 0.6) is 0 Å². The molecule has 0 aromatic carbocycles. The summed E-state index contributed by atoms with van der Waals surface area (Å²) in [6.45, 7) is 4.07. The fourth-order valence-electron chi connectivity index (χ4n) is 0.918. The van der Waals surface area contributed by atoms with E-state index in [2.05, 4.69) is 17.7 Å². The van der Waals surface area contributed by atoms with Crippen molar-refractivity contribution in [2.24, 2.45) is 0 Å². The Kier molecular flexibility index (Phi) is 2.64. The van der Waals surface area contributed by atoms with Gasteiger partial charge in [-0.25, -0.2) is 0 Å². The summed E-state index contributed by atoms with van der Waals surface area (Å²) >= 11 is 0. The average molecular weight is 111 g/mol. The SMILES string of the molecule is [CH]1[CH][C]2[CH][CH][CH]N2[CH]1.[Li+]. The number of fused-ring (bicyclic) bond motifs is 1. The zero-order valence-electron chi connectivity index (χ0n) is 5.41. The molecular formula is C7H6LiN+. The molecule has 0 N–H and O–H groups in total. The Labute approximate surface area is 69.0 Å². The summed E-state index contributed by atoms with van der Waals surface area (Å²) in [6, 6.07) is 1.27. The minimum absolute atomic E-state index is 0. The maximum absolute atomic E-state index is 2.08. The van der Waals surface area contributed by atoms with Gasteiger partial charge in [-0.05, 0) is 25.7 Å². The normalized spacial score (nSPS) is 28.0. The average Bonchev–Trinajstić information content (AvgIpc) is 2.15. The van der Waals surface area contributed by atoms with Gasteiger partial charge in [-0.2, -0.15) is 0 Å². The summed E-state index contributed by atoms with van der Waals surface area (Å²) in [7, 11) is 0. The van der Waals surface area contributed by atoms with Gasteiger partial charge in [0.25, 0.3) is 0 Å². The zero-order valence-corrected chi connectivity index (χ0v) is 5.41. The van der Waals surface area contributed by atoms with E-state index in [0.717, 1.165) is 0 Å². The summed E-state index contributed by atoms with van der Waals surface area (Å²) in [6.07, 6.45) is 8.24. The van der Waals surface area contributed by atoms with Gasteiger partial charge in [-0.1, -0.05) is 0 Å². The molecule has 0 amide bonds. The van der Waals surface area contributed by atoms with Crippen LogP contribution in [-0.2, 0) is 0 Å². The molecule has 1 nitrogen and oxygen atoms in total. The van der Waals surface area contributed by atoms with Crippen LogP contribution in [0.15, 0.2) is 0 Å². The van der Waals surface area contributed by atoms with Gasteiger partial charge < -0.3 is 0 Å². The molecule has 2 heterocycles. The topological polar surface area (TPSA) is 3.24 Å². The van der Waals surface area contributed by atoms with E-state index in [9.17, 15) is 0 Å². The van der Waals surface area contributed by atoms with Crippen molar-refractivity contribution in [1.29, 1.82) is 0 Å². The smallest absolute Gasteiger partial charge is 0.286 e. The Hall–Kier alpha value is 0.557. The van der Waals surface area contributed by atoms with Crippen LogP contribution in [0.2, 0.25) is 0 Å². The third kappa shape index (κ3) is 1.34. The maximum atomic E-state index is 2.08. The quantitative estimate of drug-likeness (QED) is 0.326. The molecular weight excluding hydrogens is 105 g/mol. The number of rotatable bonds is 0. The van der Waals surface area contributed by atoms with E-state index in [1.165, 1.54) is 6.04 Å². The number of hydrogen-bond acceptors (Lipinski definition) is 1. The van der Waals surface area contributed by atoms with E-state index in [0.29, 0.717) is 0 Å². The van der Waals surface area contributed by atoms with E-state index < -0.39 is 0 Å². The van der Waals surface area contributed by atoms with Crippen molar-refractivity contribution in [3.63, 3.8) is 0 Å². The van der Waals surface area contributed by atoms with Crippen molar-refractivity contribution in [3.8, 4) is 0 Å². The number of nitrogens with zero attached hydrogens (tertiary/aromatic N) is 1. The Morgan fingerprint density at radius 2 is 1.56 bits per heavy atom. The second kappa shape index (κ2) is 3.10. The molecule has 0 aromatic rings. The second-order valence-corrected chi connectivity index (χ2v) is 1.85. The fourth-order valence-corrected chi connectivity index (χ4v) is 0.918. The number of hydrogen-bond donors (Lipinski definition) is 0. The molecule has 2 aliphatic rings. The first-order chi connectivity index (χ1) is 3.97. The predicted molar refractivity (Wildman–Crippen MR) is 30.9 cm³/mol. The first-order valence-corrected chi connectivity index (χ1v) is 2.65. The molecule has 0 atom stereocenters. The molecule has 2 rings (SSSR count). The van der Waals surface area contributed by atoms with Gasteiger partial charge in [0.2, 0.25) is 0 Å². The standard InChI is InChI=1S/C7H6N.Li/c1-3-7-4-2-6-8(7)5-1;/h1-6H;/q;+1. The molecule has 2 aliphatic heterocycles. The Bertz CT molecular complexity index is 74.9. The van der Waals surface area contributed by atoms with E-state index in [1.807, 2.05) is 25.9 Å². The van der Waals surface area contributed by atoms with Crippen LogP contribution in [0.3, 0.4) is 0 Å². The Balaban J connectivity index is 0.000000405. The van der Waals surface area contributed by atoms with Crippen molar-refractivity contribution >= 4 is 0 Å². The molecule has 2 heteroatoms. The third-order valence-corrected chi connectivity index (χ3v) is 1.33. The first-order valence-electron chi connectivity index (χ1n) is 2.65. The molecule has 39 valence electrons. The van der Waals surface area contributed by atoms with Gasteiger partial charge in [-0.15, -0.1) is 0 Å². The minimum atomic E-state index is 0. The molecule has 0 saturated carbocycles. The van der Waals surface area contributed by atoms with Crippen LogP contribution in [0.1, 0.15) is 0 Å². The van der Waals surface area contributed by atoms with E-state index in [1.54, 1.807) is 0 Å². The van der Waals surface area contributed by atoms with Gasteiger partial charge in [0.1, 0.15) is 0 Å². The molecule has 2 saturated heterocycles. The van der Waals surface area contributed by atoms with Crippen LogP contribution in [-0.4, -0.2) is 4.90 Å². The zero-order chi connectivity index (χ0) is 5.40. The van der Waals surface area contributed by atoms with Crippen molar-refractivity contribution in [2.75, 3.05) is 0 Å². The van der Waals surface area contributed by atoms with Gasteiger partial charge in [-0.3, -0.25) is 4.90 Å². The molecule has 0 unspecified atom stereocenters. The van der Waals surface area contributed by atoms with Gasteiger partial charge in [0, 0.05) is 19.1 Å². The summed E-state index contributed by atoms with van der Waals surface area (Å²) in [4.78, 5) is 2.08. The molecule has 0 aromatic heterocycles. The molecule has 0 aliphatic carbocycles.